The Bertz CT molecular complexity index is 1560. The SMILES string of the molecule is COC(=O)c1ccc(NC(=O)c2cc3c(CO)cnc(C)c3oc2=Nc2ccc3c(c2)OCO3)cc1. The summed E-state index contributed by atoms with van der Waals surface area (Å²) in [5.41, 5.74) is 2.96. The molecular formula is C26H21N3O7. The molecule has 2 aromatic carbocycles. The second-order valence-corrected chi connectivity index (χ2v) is 7.91. The zero-order chi connectivity index (χ0) is 25.2. The van der Waals surface area contributed by atoms with E-state index in [9.17, 15) is 14.7 Å². The van der Waals surface area contributed by atoms with Gasteiger partial charge in [-0.05, 0) is 49.4 Å². The van der Waals surface area contributed by atoms with Gasteiger partial charge in [0.1, 0.15) is 5.56 Å². The third-order valence-electron chi connectivity index (χ3n) is 5.62. The van der Waals surface area contributed by atoms with Crippen molar-refractivity contribution in [1.29, 1.82) is 0 Å². The van der Waals surface area contributed by atoms with Crippen LogP contribution in [0, 0.1) is 6.92 Å². The fourth-order valence-corrected chi connectivity index (χ4v) is 3.74. The molecule has 5 rings (SSSR count). The molecule has 182 valence electrons. The van der Waals surface area contributed by atoms with Gasteiger partial charge in [-0.25, -0.2) is 9.79 Å². The van der Waals surface area contributed by atoms with Crippen molar-refractivity contribution < 1.29 is 33.3 Å². The average molecular weight is 487 g/mol. The minimum Gasteiger partial charge on any atom is -0.465 e. The molecule has 0 saturated heterocycles. The highest BCUT2D eigenvalue weighted by Crippen LogP contribution is 2.35. The molecule has 0 radical (unpaired) electrons. The van der Waals surface area contributed by atoms with E-state index in [0.717, 1.165) is 0 Å². The number of aryl methyl sites for hydroxylation is 1. The largest absolute Gasteiger partial charge is 0.465 e. The Morgan fingerprint density at radius 1 is 1.11 bits per heavy atom. The molecule has 0 aliphatic carbocycles. The van der Waals surface area contributed by atoms with Crippen LogP contribution in [-0.4, -0.2) is 35.9 Å². The summed E-state index contributed by atoms with van der Waals surface area (Å²) in [5, 5.41) is 13.1. The number of hydrogen-bond donors (Lipinski definition) is 2. The molecule has 1 aliphatic rings. The summed E-state index contributed by atoms with van der Waals surface area (Å²) in [6.07, 6.45) is 1.54. The van der Waals surface area contributed by atoms with Crippen LogP contribution in [0.5, 0.6) is 11.5 Å². The number of aliphatic hydroxyl groups is 1. The Morgan fingerprint density at radius 2 is 1.89 bits per heavy atom. The molecule has 10 heteroatoms. The van der Waals surface area contributed by atoms with Crippen molar-refractivity contribution in [3.8, 4) is 11.5 Å². The number of rotatable bonds is 5. The summed E-state index contributed by atoms with van der Waals surface area (Å²) in [6.45, 7) is 1.60. The number of aromatic nitrogens is 1. The molecule has 1 aliphatic heterocycles. The number of carbonyl (C=O) groups excluding carboxylic acids is 2. The van der Waals surface area contributed by atoms with E-state index in [1.165, 1.54) is 13.3 Å². The van der Waals surface area contributed by atoms with Gasteiger partial charge in [-0.1, -0.05) is 0 Å². The van der Waals surface area contributed by atoms with Crippen LogP contribution in [-0.2, 0) is 11.3 Å². The number of amides is 1. The van der Waals surface area contributed by atoms with E-state index in [2.05, 4.69) is 15.3 Å². The van der Waals surface area contributed by atoms with Crippen LogP contribution in [0.2, 0.25) is 0 Å². The number of anilines is 1. The fraction of sp³-hybridized carbons (Fsp3) is 0.154. The number of esters is 1. The van der Waals surface area contributed by atoms with Crippen molar-refractivity contribution in [2.45, 2.75) is 13.5 Å². The predicted molar refractivity (Wildman–Crippen MR) is 128 cm³/mol. The lowest BCUT2D eigenvalue weighted by Gasteiger charge is -2.10. The molecule has 0 saturated carbocycles. The lowest BCUT2D eigenvalue weighted by molar-refractivity contribution is 0.0600. The van der Waals surface area contributed by atoms with Crippen LogP contribution < -0.4 is 20.3 Å². The average Bonchev–Trinajstić information content (AvgIpc) is 3.37. The van der Waals surface area contributed by atoms with Gasteiger partial charge < -0.3 is 29.1 Å². The van der Waals surface area contributed by atoms with Gasteiger partial charge >= 0.3 is 5.97 Å². The van der Waals surface area contributed by atoms with Crippen LogP contribution >= 0.6 is 0 Å². The number of ether oxygens (including phenoxy) is 3. The zero-order valence-electron chi connectivity index (χ0n) is 19.4. The van der Waals surface area contributed by atoms with Crippen LogP contribution in [0.1, 0.15) is 32.0 Å². The predicted octanol–water partition coefficient (Wildman–Crippen LogP) is 3.63. The number of nitrogens with zero attached hydrogens (tertiary/aromatic N) is 2. The molecule has 0 bridgehead atoms. The first-order valence-corrected chi connectivity index (χ1v) is 10.9. The minimum absolute atomic E-state index is 0.0463. The summed E-state index contributed by atoms with van der Waals surface area (Å²) >= 11 is 0. The third-order valence-corrected chi connectivity index (χ3v) is 5.62. The first-order valence-electron chi connectivity index (χ1n) is 10.9. The lowest BCUT2D eigenvalue weighted by atomic mass is 10.1. The number of hydrogen-bond acceptors (Lipinski definition) is 9. The van der Waals surface area contributed by atoms with Crippen molar-refractivity contribution in [1.82, 2.24) is 4.98 Å². The van der Waals surface area contributed by atoms with Crippen molar-refractivity contribution in [2.75, 3.05) is 19.2 Å². The number of pyridine rings is 1. The monoisotopic (exact) mass is 487 g/mol. The van der Waals surface area contributed by atoms with Crippen LogP contribution in [0.15, 0.2) is 64.1 Å². The first-order chi connectivity index (χ1) is 17.5. The van der Waals surface area contributed by atoms with E-state index < -0.39 is 11.9 Å². The van der Waals surface area contributed by atoms with Crippen molar-refractivity contribution in [2.24, 2.45) is 4.99 Å². The smallest absolute Gasteiger partial charge is 0.337 e. The maximum Gasteiger partial charge on any atom is 0.337 e. The number of carbonyl (C=O) groups is 2. The van der Waals surface area contributed by atoms with Crippen molar-refractivity contribution in [3.05, 3.63) is 82.7 Å². The Labute approximate surface area is 204 Å². The minimum atomic E-state index is -0.496. The molecule has 0 fully saturated rings. The quantitative estimate of drug-likeness (QED) is 0.408. The van der Waals surface area contributed by atoms with E-state index in [1.807, 2.05) is 0 Å². The Balaban J connectivity index is 1.61. The van der Waals surface area contributed by atoms with Gasteiger partial charge in [-0.3, -0.25) is 9.78 Å². The van der Waals surface area contributed by atoms with Gasteiger partial charge in [0.2, 0.25) is 12.3 Å². The highest BCUT2D eigenvalue weighted by molar-refractivity contribution is 6.06. The molecule has 0 atom stereocenters. The first kappa shape index (κ1) is 23.1. The van der Waals surface area contributed by atoms with Crippen molar-refractivity contribution >= 4 is 34.2 Å². The standard InChI is InChI=1S/C26H21N3O7/c1-14-23-19(16(12-30)11-27-14)10-20(24(31)28-17-5-3-15(4-6-17)26(32)33-2)25(36-23)29-18-7-8-21-22(9-18)35-13-34-21/h3-11,30H,12-13H2,1-2H3,(H,28,31). The molecule has 36 heavy (non-hydrogen) atoms. The molecule has 4 aromatic rings. The summed E-state index contributed by atoms with van der Waals surface area (Å²) in [4.78, 5) is 33.9. The Kier molecular flexibility index (Phi) is 6.09. The lowest BCUT2D eigenvalue weighted by Crippen LogP contribution is -2.22. The Morgan fingerprint density at radius 3 is 2.64 bits per heavy atom. The molecule has 10 nitrogen and oxygen atoms in total. The van der Waals surface area contributed by atoms with Crippen LogP contribution in [0.25, 0.3) is 11.0 Å². The molecular weight excluding hydrogens is 466 g/mol. The number of aliphatic hydroxyl groups excluding tert-OH is 1. The topological polar surface area (TPSA) is 132 Å². The summed E-state index contributed by atoms with van der Waals surface area (Å²) in [5.74, 6) is 0.162. The molecule has 2 N–H and O–H groups in total. The maximum atomic E-state index is 13.4. The van der Waals surface area contributed by atoms with Gasteiger partial charge in [0.15, 0.2) is 17.1 Å². The van der Waals surface area contributed by atoms with E-state index >= 15 is 0 Å². The fourth-order valence-electron chi connectivity index (χ4n) is 3.74. The number of benzene rings is 2. The highest BCUT2D eigenvalue weighted by Gasteiger charge is 2.18. The summed E-state index contributed by atoms with van der Waals surface area (Å²) in [7, 11) is 1.30. The van der Waals surface area contributed by atoms with Crippen LogP contribution in [0.4, 0.5) is 11.4 Å². The molecule has 3 heterocycles. The third kappa shape index (κ3) is 4.37. The number of nitrogens with one attached hydrogen (secondary N) is 1. The summed E-state index contributed by atoms with van der Waals surface area (Å²) < 4.78 is 21.6. The zero-order valence-corrected chi connectivity index (χ0v) is 19.4. The van der Waals surface area contributed by atoms with Gasteiger partial charge in [-0.15, -0.1) is 0 Å². The van der Waals surface area contributed by atoms with E-state index in [-0.39, 0.29) is 24.5 Å². The molecule has 2 aromatic heterocycles. The van der Waals surface area contributed by atoms with E-state index in [0.29, 0.717) is 50.7 Å². The molecule has 1 amide bonds. The van der Waals surface area contributed by atoms with Gasteiger partial charge in [0.05, 0.1) is 30.7 Å². The van der Waals surface area contributed by atoms with E-state index in [4.69, 9.17) is 18.6 Å². The number of fused-ring (bicyclic) bond motifs is 2. The van der Waals surface area contributed by atoms with Gasteiger partial charge in [0, 0.05) is 28.9 Å². The van der Waals surface area contributed by atoms with Crippen molar-refractivity contribution in [3.63, 3.8) is 0 Å². The summed E-state index contributed by atoms with van der Waals surface area (Å²) in [6, 6.07) is 13.0. The number of methoxy groups -OCH3 is 1. The van der Waals surface area contributed by atoms with Gasteiger partial charge in [-0.2, -0.15) is 0 Å². The maximum absolute atomic E-state index is 13.4. The van der Waals surface area contributed by atoms with E-state index in [1.54, 1.807) is 55.5 Å². The Hall–Kier alpha value is -4.70. The molecule has 0 unspecified atom stereocenters. The second kappa shape index (κ2) is 9.51. The second-order valence-electron chi connectivity index (χ2n) is 7.91. The normalized spacial score (nSPS) is 12.6. The highest BCUT2D eigenvalue weighted by atomic mass is 16.7. The van der Waals surface area contributed by atoms with Gasteiger partial charge in [0.25, 0.3) is 5.91 Å². The van der Waals surface area contributed by atoms with Crippen LogP contribution in [0.3, 0.4) is 0 Å². The molecule has 0 spiro atoms.